The topological polar surface area (TPSA) is 33.7 Å². The molecule has 22 heavy (non-hydrogen) atoms. The second kappa shape index (κ2) is 10.0. The van der Waals surface area contributed by atoms with Gasteiger partial charge >= 0.3 is 0 Å². The van der Waals surface area contributed by atoms with E-state index in [4.69, 9.17) is 9.47 Å². The number of nitrogens with one attached hydrogen (secondary N) is 1. The third-order valence-electron chi connectivity index (χ3n) is 3.54. The Balaban J connectivity index is 0.00000220. The Labute approximate surface area is 142 Å². The van der Waals surface area contributed by atoms with Crippen LogP contribution in [0.4, 0.5) is 8.78 Å². The van der Waals surface area contributed by atoms with E-state index in [1.54, 1.807) is 23.1 Å². The minimum atomic E-state index is -2.48. The molecule has 1 aliphatic heterocycles. The van der Waals surface area contributed by atoms with Crippen LogP contribution in [0, 0.1) is 0 Å². The molecule has 1 fully saturated rings. The number of halogens is 4. The fourth-order valence-electron chi connectivity index (χ4n) is 2.60. The number of nitrogens with zero attached hydrogens (tertiary/aromatic N) is 1. The number of piperazine rings is 1. The highest BCUT2D eigenvalue weighted by molar-refractivity contribution is 5.85. The maximum atomic E-state index is 13.6. The molecular formula is C14H22Cl2F2N2O2. The van der Waals surface area contributed by atoms with E-state index in [1.165, 1.54) is 14.2 Å². The number of benzene rings is 1. The first kappa shape index (κ1) is 21.2. The minimum Gasteiger partial charge on any atom is -0.493 e. The third-order valence-corrected chi connectivity index (χ3v) is 3.54. The molecule has 0 unspecified atom stereocenters. The summed E-state index contributed by atoms with van der Waals surface area (Å²) in [5, 5.41) is 3.17. The number of ether oxygens (including phenoxy) is 2. The molecule has 1 saturated heterocycles. The van der Waals surface area contributed by atoms with Crippen molar-refractivity contribution in [1.29, 1.82) is 0 Å². The molecule has 1 atom stereocenters. The normalized spacial score (nSPS) is 16.4. The Kier molecular flexibility index (Phi) is 9.67. The van der Waals surface area contributed by atoms with E-state index in [0.717, 1.165) is 13.1 Å². The van der Waals surface area contributed by atoms with Crippen molar-refractivity contribution >= 4 is 24.8 Å². The second-order valence-electron chi connectivity index (χ2n) is 4.65. The Bertz CT molecular complexity index is 447. The summed E-state index contributed by atoms with van der Waals surface area (Å²) in [5.74, 6) is 0.865. The maximum Gasteiger partial charge on any atom is 0.258 e. The zero-order chi connectivity index (χ0) is 14.5. The van der Waals surface area contributed by atoms with Crippen LogP contribution in [0.15, 0.2) is 18.2 Å². The van der Waals surface area contributed by atoms with Crippen LogP contribution in [-0.2, 0) is 0 Å². The van der Waals surface area contributed by atoms with Crippen molar-refractivity contribution in [2.24, 2.45) is 0 Å². The zero-order valence-electron chi connectivity index (χ0n) is 12.6. The molecule has 128 valence electrons. The lowest BCUT2D eigenvalue weighted by Gasteiger charge is -2.35. The molecule has 0 aliphatic carbocycles. The van der Waals surface area contributed by atoms with Crippen molar-refractivity contribution in [3.63, 3.8) is 0 Å². The Morgan fingerprint density at radius 1 is 1.09 bits per heavy atom. The summed E-state index contributed by atoms with van der Waals surface area (Å²) < 4.78 is 37.6. The van der Waals surface area contributed by atoms with Crippen LogP contribution in [0.3, 0.4) is 0 Å². The van der Waals surface area contributed by atoms with Gasteiger partial charge in [-0.05, 0) is 6.07 Å². The average Bonchev–Trinajstić information content (AvgIpc) is 2.48. The Hall–Kier alpha value is -0.820. The number of hydrogen-bond donors (Lipinski definition) is 1. The van der Waals surface area contributed by atoms with Crippen LogP contribution in [0.1, 0.15) is 11.6 Å². The summed E-state index contributed by atoms with van der Waals surface area (Å²) in [6.45, 7) is 2.62. The largest absolute Gasteiger partial charge is 0.493 e. The first-order valence-corrected chi connectivity index (χ1v) is 6.62. The van der Waals surface area contributed by atoms with Crippen molar-refractivity contribution in [2.45, 2.75) is 12.5 Å². The number of methoxy groups -OCH3 is 2. The number of alkyl halides is 2. The van der Waals surface area contributed by atoms with Gasteiger partial charge in [-0.25, -0.2) is 8.78 Å². The molecule has 0 aromatic heterocycles. The average molecular weight is 359 g/mol. The molecule has 1 heterocycles. The standard InChI is InChI=1S/C14H20F2N2O2.2ClH/c1-19-11-5-3-4-10(13(11)20-2)12(14(15)16)18-8-6-17-7-9-18;;/h3-5,12,14,17H,6-9H2,1-2H3;2*1H/t12-;;/m0../s1. The van der Waals surface area contributed by atoms with E-state index < -0.39 is 12.5 Å². The fraction of sp³-hybridized carbons (Fsp3) is 0.571. The van der Waals surface area contributed by atoms with Gasteiger partial charge in [0.1, 0.15) is 6.04 Å². The first-order chi connectivity index (χ1) is 9.69. The predicted octanol–water partition coefficient (Wildman–Crippen LogP) is 2.76. The highest BCUT2D eigenvalue weighted by Gasteiger charge is 2.33. The Morgan fingerprint density at radius 2 is 1.73 bits per heavy atom. The summed E-state index contributed by atoms with van der Waals surface area (Å²) in [6.07, 6.45) is -2.48. The fourth-order valence-corrected chi connectivity index (χ4v) is 2.60. The van der Waals surface area contributed by atoms with E-state index in [1.807, 2.05) is 0 Å². The molecule has 1 aromatic rings. The molecule has 1 aromatic carbocycles. The Morgan fingerprint density at radius 3 is 2.23 bits per heavy atom. The van der Waals surface area contributed by atoms with Crippen molar-refractivity contribution in [3.05, 3.63) is 23.8 Å². The van der Waals surface area contributed by atoms with Gasteiger partial charge in [0.05, 0.1) is 14.2 Å². The quantitative estimate of drug-likeness (QED) is 0.877. The van der Waals surface area contributed by atoms with Gasteiger partial charge in [0.2, 0.25) is 0 Å². The van der Waals surface area contributed by atoms with Crippen LogP contribution in [0.25, 0.3) is 0 Å². The first-order valence-electron chi connectivity index (χ1n) is 6.62. The SMILES string of the molecule is COc1cccc([C@@H](C(F)F)N2CCNCC2)c1OC.Cl.Cl. The number of rotatable bonds is 5. The monoisotopic (exact) mass is 358 g/mol. The van der Waals surface area contributed by atoms with Crippen LogP contribution in [-0.4, -0.2) is 51.7 Å². The molecule has 0 amide bonds. The minimum absolute atomic E-state index is 0. The van der Waals surface area contributed by atoms with Crippen molar-refractivity contribution < 1.29 is 18.3 Å². The summed E-state index contributed by atoms with van der Waals surface area (Å²) in [5.41, 5.74) is 0.476. The van der Waals surface area contributed by atoms with Crippen LogP contribution >= 0.6 is 24.8 Å². The molecule has 1 N–H and O–H groups in total. The zero-order valence-corrected chi connectivity index (χ0v) is 14.2. The smallest absolute Gasteiger partial charge is 0.258 e. The molecule has 8 heteroatoms. The lowest BCUT2D eigenvalue weighted by Crippen LogP contribution is -2.47. The molecule has 2 rings (SSSR count). The molecule has 0 radical (unpaired) electrons. The lowest BCUT2D eigenvalue weighted by molar-refractivity contribution is 0.0169. The van der Waals surface area contributed by atoms with Crippen molar-refractivity contribution in [3.8, 4) is 11.5 Å². The van der Waals surface area contributed by atoms with Gasteiger partial charge in [-0.3, -0.25) is 4.90 Å². The predicted molar refractivity (Wildman–Crippen MR) is 87.2 cm³/mol. The second-order valence-corrected chi connectivity index (χ2v) is 4.65. The van der Waals surface area contributed by atoms with E-state index in [0.29, 0.717) is 30.2 Å². The molecule has 0 bridgehead atoms. The highest BCUT2D eigenvalue weighted by atomic mass is 35.5. The third kappa shape index (κ3) is 4.59. The van der Waals surface area contributed by atoms with Gasteiger partial charge in [-0.15, -0.1) is 24.8 Å². The summed E-state index contributed by atoms with van der Waals surface area (Å²) in [6, 6.07) is 4.14. The van der Waals surface area contributed by atoms with Crippen molar-refractivity contribution in [1.82, 2.24) is 10.2 Å². The van der Waals surface area contributed by atoms with E-state index in [-0.39, 0.29) is 24.8 Å². The highest BCUT2D eigenvalue weighted by Crippen LogP contribution is 2.39. The van der Waals surface area contributed by atoms with Gasteiger partial charge in [0.15, 0.2) is 11.5 Å². The van der Waals surface area contributed by atoms with Crippen molar-refractivity contribution in [2.75, 3.05) is 40.4 Å². The molecule has 0 saturated carbocycles. The maximum absolute atomic E-state index is 13.6. The summed E-state index contributed by atoms with van der Waals surface area (Å²) in [4.78, 5) is 1.79. The van der Waals surface area contributed by atoms with Crippen LogP contribution in [0.5, 0.6) is 11.5 Å². The molecule has 0 spiro atoms. The van der Waals surface area contributed by atoms with Gasteiger partial charge in [0, 0.05) is 31.7 Å². The van der Waals surface area contributed by atoms with Gasteiger partial charge in [-0.2, -0.15) is 0 Å². The molecule has 1 aliphatic rings. The van der Waals surface area contributed by atoms with Gasteiger partial charge in [-0.1, -0.05) is 12.1 Å². The van der Waals surface area contributed by atoms with E-state index >= 15 is 0 Å². The lowest BCUT2D eigenvalue weighted by atomic mass is 10.0. The number of para-hydroxylation sites is 1. The van der Waals surface area contributed by atoms with E-state index in [2.05, 4.69) is 5.32 Å². The molecule has 4 nitrogen and oxygen atoms in total. The summed E-state index contributed by atoms with van der Waals surface area (Å²) in [7, 11) is 2.98. The number of hydrogen-bond acceptors (Lipinski definition) is 4. The van der Waals surface area contributed by atoms with Gasteiger partial charge < -0.3 is 14.8 Å². The summed E-state index contributed by atoms with van der Waals surface area (Å²) >= 11 is 0. The molecular weight excluding hydrogens is 337 g/mol. The van der Waals surface area contributed by atoms with Crippen LogP contribution < -0.4 is 14.8 Å². The van der Waals surface area contributed by atoms with Gasteiger partial charge in [0.25, 0.3) is 6.43 Å². The van der Waals surface area contributed by atoms with E-state index in [9.17, 15) is 8.78 Å². The van der Waals surface area contributed by atoms with Crippen LogP contribution in [0.2, 0.25) is 0 Å².